The lowest BCUT2D eigenvalue weighted by atomic mass is 9.73. The van der Waals surface area contributed by atoms with Crippen molar-refractivity contribution in [1.82, 2.24) is 15.0 Å². The summed E-state index contributed by atoms with van der Waals surface area (Å²) in [6.45, 7) is 1.58. The number of H-pyrrole nitrogens is 1. The Morgan fingerprint density at radius 3 is 2.91 bits per heavy atom. The highest BCUT2D eigenvalue weighted by Gasteiger charge is 2.48. The van der Waals surface area contributed by atoms with Crippen LogP contribution in [0, 0.1) is 5.41 Å². The molecule has 1 fully saturated rings. The number of aromatic amines is 1. The van der Waals surface area contributed by atoms with E-state index < -0.39 is 0 Å². The van der Waals surface area contributed by atoms with Crippen LogP contribution in [-0.4, -0.2) is 28.0 Å². The summed E-state index contributed by atoms with van der Waals surface area (Å²) >= 11 is 7.53. The van der Waals surface area contributed by atoms with Gasteiger partial charge in [0.2, 0.25) is 0 Å². The summed E-state index contributed by atoms with van der Waals surface area (Å²) in [7, 11) is 0. The number of piperidine rings is 1. The van der Waals surface area contributed by atoms with Crippen molar-refractivity contribution in [1.29, 1.82) is 0 Å². The van der Waals surface area contributed by atoms with Gasteiger partial charge in [0.1, 0.15) is 0 Å². The zero-order valence-corrected chi connectivity index (χ0v) is 13.5. The number of aromatic nitrogens is 3. The van der Waals surface area contributed by atoms with Crippen molar-refractivity contribution in [3.8, 4) is 0 Å². The van der Waals surface area contributed by atoms with E-state index in [0.29, 0.717) is 10.3 Å². The zero-order valence-electron chi connectivity index (χ0n) is 11.9. The molecule has 116 valence electrons. The SMILES string of the molecule is N[C@@H]1c2nc(Cl)sc2CC12CCN(c1ncc[nH]c1=O)CC2. The second-order valence-electron chi connectivity index (χ2n) is 6.02. The molecule has 1 aliphatic heterocycles. The van der Waals surface area contributed by atoms with Gasteiger partial charge in [0.25, 0.3) is 5.56 Å². The van der Waals surface area contributed by atoms with Crippen LogP contribution in [-0.2, 0) is 6.42 Å². The van der Waals surface area contributed by atoms with Gasteiger partial charge in [0.15, 0.2) is 10.3 Å². The van der Waals surface area contributed by atoms with E-state index in [1.54, 1.807) is 23.7 Å². The Hall–Kier alpha value is -1.44. The second-order valence-corrected chi connectivity index (χ2v) is 7.69. The van der Waals surface area contributed by atoms with Gasteiger partial charge in [-0.25, -0.2) is 9.97 Å². The van der Waals surface area contributed by atoms with Crippen LogP contribution >= 0.6 is 22.9 Å². The molecular weight excluding hydrogens is 322 g/mol. The predicted octanol–water partition coefficient (Wildman–Crippen LogP) is 1.72. The summed E-state index contributed by atoms with van der Waals surface area (Å²) in [6, 6.07) is -0.0598. The van der Waals surface area contributed by atoms with Gasteiger partial charge in [-0.2, -0.15) is 0 Å². The summed E-state index contributed by atoms with van der Waals surface area (Å²) < 4.78 is 0.577. The van der Waals surface area contributed by atoms with Crippen molar-refractivity contribution in [2.24, 2.45) is 11.1 Å². The van der Waals surface area contributed by atoms with E-state index in [0.717, 1.165) is 38.0 Å². The van der Waals surface area contributed by atoms with Gasteiger partial charge in [-0.1, -0.05) is 11.6 Å². The number of anilines is 1. The van der Waals surface area contributed by atoms with Gasteiger partial charge in [-0.05, 0) is 24.7 Å². The van der Waals surface area contributed by atoms with Crippen LogP contribution in [0.5, 0.6) is 0 Å². The highest BCUT2D eigenvalue weighted by molar-refractivity contribution is 7.15. The minimum atomic E-state index is -0.137. The van der Waals surface area contributed by atoms with Crippen LogP contribution in [0.2, 0.25) is 4.47 Å². The molecule has 0 radical (unpaired) electrons. The lowest BCUT2D eigenvalue weighted by molar-refractivity contribution is 0.186. The van der Waals surface area contributed by atoms with Crippen molar-refractivity contribution < 1.29 is 0 Å². The lowest BCUT2D eigenvalue weighted by Gasteiger charge is -2.42. The van der Waals surface area contributed by atoms with E-state index in [1.807, 2.05) is 4.90 Å². The van der Waals surface area contributed by atoms with Crippen LogP contribution in [0.4, 0.5) is 5.82 Å². The average Bonchev–Trinajstić information content (AvgIpc) is 2.98. The Kier molecular flexibility index (Phi) is 3.25. The number of thiazole rings is 1. The third-order valence-electron chi connectivity index (χ3n) is 4.92. The molecule has 2 aliphatic rings. The Morgan fingerprint density at radius 1 is 1.45 bits per heavy atom. The highest BCUT2D eigenvalue weighted by Crippen LogP contribution is 2.52. The highest BCUT2D eigenvalue weighted by atomic mass is 35.5. The topological polar surface area (TPSA) is 87.9 Å². The average molecular weight is 338 g/mol. The van der Waals surface area contributed by atoms with Gasteiger partial charge in [0.05, 0.1) is 11.7 Å². The molecule has 0 bridgehead atoms. The van der Waals surface area contributed by atoms with Crippen LogP contribution in [0.3, 0.4) is 0 Å². The number of fused-ring (bicyclic) bond motifs is 1. The minimum Gasteiger partial charge on any atom is -0.352 e. The van der Waals surface area contributed by atoms with Crippen molar-refractivity contribution in [2.45, 2.75) is 25.3 Å². The number of nitrogens with two attached hydrogens (primary N) is 1. The van der Waals surface area contributed by atoms with Crippen molar-refractivity contribution in [3.63, 3.8) is 0 Å². The first-order chi connectivity index (χ1) is 10.6. The van der Waals surface area contributed by atoms with E-state index >= 15 is 0 Å². The predicted molar refractivity (Wildman–Crippen MR) is 86.5 cm³/mol. The first-order valence-electron chi connectivity index (χ1n) is 7.28. The lowest BCUT2D eigenvalue weighted by Crippen LogP contribution is -2.46. The number of hydrogen-bond donors (Lipinski definition) is 2. The van der Waals surface area contributed by atoms with Crippen molar-refractivity contribution in [3.05, 3.63) is 37.8 Å². The molecule has 22 heavy (non-hydrogen) atoms. The normalized spacial score (nSPS) is 23.0. The summed E-state index contributed by atoms with van der Waals surface area (Å²) in [5, 5.41) is 0. The van der Waals surface area contributed by atoms with E-state index in [9.17, 15) is 4.79 Å². The molecule has 4 rings (SSSR count). The first-order valence-corrected chi connectivity index (χ1v) is 8.48. The third-order valence-corrected chi connectivity index (χ3v) is 6.09. The first kappa shape index (κ1) is 14.2. The maximum atomic E-state index is 11.9. The van der Waals surface area contributed by atoms with E-state index in [-0.39, 0.29) is 17.0 Å². The molecule has 3 N–H and O–H groups in total. The molecule has 1 atom stereocenters. The largest absolute Gasteiger partial charge is 0.352 e. The van der Waals surface area contributed by atoms with Gasteiger partial charge in [-0.3, -0.25) is 4.79 Å². The Balaban J connectivity index is 1.54. The van der Waals surface area contributed by atoms with Crippen LogP contribution in [0.1, 0.15) is 29.5 Å². The third kappa shape index (κ3) is 2.07. The zero-order chi connectivity index (χ0) is 15.3. The number of nitrogens with zero attached hydrogens (tertiary/aromatic N) is 3. The summed E-state index contributed by atoms with van der Waals surface area (Å²) in [4.78, 5) is 26.4. The fourth-order valence-electron chi connectivity index (χ4n) is 3.64. The molecule has 0 saturated carbocycles. The molecule has 6 nitrogen and oxygen atoms in total. The summed E-state index contributed by atoms with van der Waals surface area (Å²) in [5.41, 5.74) is 7.35. The second kappa shape index (κ2) is 5.04. The van der Waals surface area contributed by atoms with E-state index in [2.05, 4.69) is 15.0 Å². The quantitative estimate of drug-likeness (QED) is 0.827. The number of hydrogen-bond acceptors (Lipinski definition) is 6. The van der Waals surface area contributed by atoms with Gasteiger partial charge >= 0.3 is 0 Å². The number of nitrogens with one attached hydrogen (secondary N) is 1. The smallest absolute Gasteiger partial charge is 0.290 e. The molecule has 1 saturated heterocycles. The van der Waals surface area contributed by atoms with Crippen molar-refractivity contribution >= 4 is 28.8 Å². The molecule has 2 aromatic rings. The molecule has 1 spiro atoms. The van der Waals surface area contributed by atoms with E-state index in [1.165, 1.54) is 4.88 Å². The maximum Gasteiger partial charge on any atom is 0.290 e. The molecule has 8 heteroatoms. The standard InChI is InChI=1S/C14H16ClN5OS/c15-13-19-9-8(22-13)7-14(10(9)16)1-5-20(6-2-14)11-12(21)18-4-3-17-11/h3-4,10H,1-2,5-7,16H2,(H,18,21)/t10-/m1/s1. The van der Waals surface area contributed by atoms with Gasteiger partial charge in [-0.15, -0.1) is 11.3 Å². The van der Waals surface area contributed by atoms with Crippen LogP contribution in [0.15, 0.2) is 17.2 Å². The van der Waals surface area contributed by atoms with Gasteiger partial charge < -0.3 is 15.6 Å². The molecule has 0 amide bonds. The molecular formula is C14H16ClN5OS. The van der Waals surface area contributed by atoms with Gasteiger partial charge in [0, 0.05) is 30.4 Å². The molecule has 1 aliphatic carbocycles. The fourth-order valence-corrected chi connectivity index (χ4v) is 5.00. The molecule has 0 unspecified atom stereocenters. The molecule has 2 aromatic heterocycles. The van der Waals surface area contributed by atoms with Crippen LogP contribution in [0.25, 0.3) is 0 Å². The van der Waals surface area contributed by atoms with Crippen LogP contribution < -0.4 is 16.2 Å². The Morgan fingerprint density at radius 2 is 2.23 bits per heavy atom. The van der Waals surface area contributed by atoms with E-state index in [4.69, 9.17) is 17.3 Å². The monoisotopic (exact) mass is 337 g/mol. The molecule has 3 heterocycles. The Labute approximate surface area is 136 Å². The minimum absolute atomic E-state index is 0.0524. The Bertz CT molecular complexity index is 765. The maximum absolute atomic E-state index is 11.9. The molecule has 0 aromatic carbocycles. The summed E-state index contributed by atoms with van der Waals surface area (Å²) in [5.74, 6) is 0.500. The number of rotatable bonds is 1. The van der Waals surface area contributed by atoms with Crippen molar-refractivity contribution in [2.75, 3.05) is 18.0 Å². The summed E-state index contributed by atoms with van der Waals surface area (Å²) in [6.07, 6.45) is 5.99. The fraction of sp³-hybridized carbons (Fsp3) is 0.500. The number of halogens is 1.